The molecule has 1 amide bonds. The van der Waals surface area contributed by atoms with Crippen LogP contribution in [-0.2, 0) is 9.47 Å². The summed E-state index contributed by atoms with van der Waals surface area (Å²) in [5.74, 6) is 0.00185. The molecule has 2 aliphatic rings. The highest BCUT2D eigenvalue weighted by Crippen LogP contribution is 2.43. The predicted octanol–water partition coefficient (Wildman–Crippen LogP) is 2.75. The first kappa shape index (κ1) is 16.6. The fourth-order valence-electron chi connectivity index (χ4n) is 3.90. The Kier molecular flexibility index (Phi) is 4.58. The molecule has 126 valence electrons. The van der Waals surface area contributed by atoms with E-state index in [1.54, 1.807) is 26.4 Å². The zero-order valence-electron chi connectivity index (χ0n) is 13.8. The molecule has 0 radical (unpaired) electrons. The van der Waals surface area contributed by atoms with Crippen molar-refractivity contribution in [3.63, 3.8) is 0 Å². The molecular formula is C17H23NO4S. The van der Waals surface area contributed by atoms with Crippen LogP contribution in [0.1, 0.15) is 52.0 Å². The number of hydrogen-bond acceptors (Lipinski definition) is 5. The van der Waals surface area contributed by atoms with Gasteiger partial charge in [0.15, 0.2) is 5.78 Å². The van der Waals surface area contributed by atoms with Gasteiger partial charge in [0.25, 0.3) is 5.91 Å². The maximum atomic E-state index is 12.9. The highest BCUT2D eigenvalue weighted by atomic mass is 32.1. The normalized spacial score (nSPS) is 30.3. The van der Waals surface area contributed by atoms with Gasteiger partial charge in [-0.2, -0.15) is 0 Å². The molecule has 1 aliphatic carbocycles. The molecule has 1 aliphatic heterocycles. The summed E-state index contributed by atoms with van der Waals surface area (Å²) in [4.78, 5) is 27.6. The van der Waals surface area contributed by atoms with Crippen molar-refractivity contribution in [1.29, 1.82) is 0 Å². The molecule has 1 saturated heterocycles. The summed E-state index contributed by atoms with van der Waals surface area (Å²) in [6.07, 6.45) is 3.73. The molecule has 23 heavy (non-hydrogen) atoms. The van der Waals surface area contributed by atoms with Gasteiger partial charge >= 0.3 is 0 Å². The fraction of sp³-hybridized carbons (Fsp3) is 0.647. The first-order valence-corrected chi connectivity index (χ1v) is 8.82. The Morgan fingerprint density at radius 2 is 2.00 bits per heavy atom. The third-order valence-electron chi connectivity index (χ3n) is 5.30. The Labute approximate surface area is 140 Å². The van der Waals surface area contributed by atoms with E-state index in [0.717, 1.165) is 25.7 Å². The summed E-state index contributed by atoms with van der Waals surface area (Å²) in [5.41, 5.74) is -0.245. The number of rotatable bonds is 4. The number of nitrogens with zero attached hydrogens (tertiary/aromatic N) is 1. The number of fused-ring (bicyclic) bond motifs is 1. The minimum absolute atomic E-state index is 0.00109. The molecule has 1 aromatic rings. The molecule has 5 nitrogen and oxygen atoms in total. The van der Waals surface area contributed by atoms with E-state index in [1.165, 1.54) is 18.3 Å². The van der Waals surface area contributed by atoms with Crippen molar-refractivity contribution in [2.45, 2.75) is 50.4 Å². The maximum Gasteiger partial charge on any atom is 0.264 e. The van der Waals surface area contributed by atoms with Crippen LogP contribution < -0.4 is 0 Å². The number of carbonyl (C=O) groups excluding carboxylic acids is 2. The third-order valence-corrected chi connectivity index (χ3v) is 6.47. The van der Waals surface area contributed by atoms with E-state index in [2.05, 4.69) is 0 Å². The second kappa shape index (κ2) is 6.34. The predicted molar refractivity (Wildman–Crippen MR) is 88.2 cm³/mol. The average Bonchev–Trinajstić information content (AvgIpc) is 3.19. The van der Waals surface area contributed by atoms with Gasteiger partial charge < -0.3 is 14.4 Å². The minimum atomic E-state index is -0.245. The number of ether oxygens (including phenoxy) is 2. The van der Waals surface area contributed by atoms with Gasteiger partial charge in [0.05, 0.1) is 27.5 Å². The van der Waals surface area contributed by atoms with Crippen LogP contribution in [0.3, 0.4) is 0 Å². The number of ketones is 1. The van der Waals surface area contributed by atoms with Crippen molar-refractivity contribution in [2.75, 3.05) is 20.8 Å². The molecule has 6 heteroatoms. The molecule has 0 unspecified atom stereocenters. The lowest BCUT2D eigenvalue weighted by Gasteiger charge is -2.43. The molecule has 0 spiro atoms. The molecule has 2 fully saturated rings. The number of methoxy groups -OCH3 is 2. The van der Waals surface area contributed by atoms with Crippen molar-refractivity contribution >= 4 is 23.0 Å². The lowest BCUT2D eigenvalue weighted by Crippen LogP contribution is -2.53. The van der Waals surface area contributed by atoms with Crippen LogP contribution in [0.4, 0.5) is 0 Å². The van der Waals surface area contributed by atoms with Gasteiger partial charge in [0.1, 0.15) is 0 Å². The molecule has 1 aromatic heterocycles. The summed E-state index contributed by atoms with van der Waals surface area (Å²) in [7, 11) is 3.47. The molecule has 0 bridgehead atoms. The van der Waals surface area contributed by atoms with Crippen molar-refractivity contribution in [3.8, 4) is 0 Å². The Morgan fingerprint density at radius 1 is 1.26 bits per heavy atom. The van der Waals surface area contributed by atoms with Gasteiger partial charge in [0.2, 0.25) is 0 Å². The molecule has 0 N–H and O–H groups in total. The van der Waals surface area contributed by atoms with E-state index in [0.29, 0.717) is 16.3 Å². The van der Waals surface area contributed by atoms with Crippen LogP contribution in [0.25, 0.3) is 0 Å². The Hall–Kier alpha value is -1.24. The van der Waals surface area contributed by atoms with Gasteiger partial charge in [-0.05, 0) is 44.7 Å². The molecule has 2 heterocycles. The summed E-state index contributed by atoms with van der Waals surface area (Å²) in [5, 5.41) is 0. The fourth-order valence-corrected chi connectivity index (χ4v) is 4.76. The van der Waals surface area contributed by atoms with E-state index in [-0.39, 0.29) is 29.4 Å². The summed E-state index contributed by atoms with van der Waals surface area (Å²) in [6, 6.07) is 3.54. The van der Waals surface area contributed by atoms with E-state index in [1.807, 2.05) is 4.90 Å². The zero-order chi connectivity index (χ0) is 16.6. The van der Waals surface area contributed by atoms with Gasteiger partial charge in [-0.25, -0.2) is 0 Å². The number of Topliss-reactive ketones (excluding diaryl/α,β-unsaturated/α-hetero) is 1. The van der Waals surface area contributed by atoms with Gasteiger partial charge in [0, 0.05) is 20.8 Å². The topological polar surface area (TPSA) is 55.8 Å². The SMILES string of the molecule is CO[C@@H]1CC[C@@]2(OC)CCN(C(=O)c3ccc(C(C)=O)s3)[C@H]2C1. The Bertz CT molecular complexity index is 613. The van der Waals surface area contributed by atoms with E-state index >= 15 is 0 Å². The number of carbonyl (C=O) groups is 2. The maximum absolute atomic E-state index is 12.9. The summed E-state index contributed by atoms with van der Waals surface area (Å²) < 4.78 is 11.4. The van der Waals surface area contributed by atoms with Crippen LogP contribution in [-0.4, -0.2) is 55.1 Å². The largest absolute Gasteiger partial charge is 0.381 e. The monoisotopic (exact) mass is 337 g/mol. The average molecular weight is 337 g/mol. The number of hydrogen-bond donors (Lipinski definition) is 0. The van der Waals surface area contributed by atoms with Gasteiger partial charge in [-0.1, -0.05) is 0 Å². The Balaban J connectivity index is 1.83. The van der Waals surface area contributed by atoms with E-state index in [4.69, 9.17) is 9.47 Å². The standard InChI is InChI=1S/C17H23NO4S/c1-11(19)13-4-5-14(23-13)16(20)18-9-8-17(22-3)7-6-12(21-2)10-15(17)18/h4-5,12,15H,6-10H2,1-3H3/t12-,15+,17-/m1/s1. The lowest BCUT2D eigenvalue weighted by molar-refractivity contribution is -0.0893. The van der Waals surface area contributed by atoms with Crippen LogP contribution in [0.5, 0.6) is 0 Å². The Morgan fingerprint density at radius 3 is 2.61 bits per heavy atom. The third kappa shape index (κ3) is 2.84. The second-order valence-corrected chi connectivity index (χ2v) is 7.47. The molecule has 1 saturated carbocycles. The highest BCUT2D eigenvalue weighted by molar-refractivity contribution is 7.15. The summed E-state index contributed by atoms with van der Waals surface area (Å²) in [6.45, 7) is 2.22. The van der Waals surface area contributed by atoms with E-state index in [9.17, 15) is 9.59 Å². The zero-order valence-corrected chi connectivity index (χ0v) is 14.6. The minimum Gasteiger partial charge on any atom is -0.381 e. The van der Waals surface area contributed by atoms with Crippen LogP contribution in [0.15, 0.2) is 12.1 Å². The van der Waals surface area contributed by atoms with E-state index < -0.39 is 0 Å². The first-order valence-electron chi connectivity index (χ1n) is 8.00. The first-order chi connectivity index (χ1) is 11.0. The van der Waals surface area contributed by atoms with Crippen molar-refractivity contribution in [3.05, 3.63) is 21.9 Å². The quantitative estimate of drug-likeness (QED) is 0.793. The van der Waals surface area contributed by atoms with Crippen molar-refractivity contribution in [2.24, 2.45) is 0 Å². The van der Waals surface area contributed by atoms with Crippen LogP contribution in [0, 0.1) is 0 Å². The van der Waals surface area contributed by atoms with Gasteiger partial charge in [-0.15, -0.1) is 11.3 Å². The second-order valence-electron chi connectivity index (χ2n) is 6.39. The van der Waals surface area contributed by atoms with Crippen molar-refractivity contribution in [1.82, 2.24) is 4.90 Å². The molecular weight excluding hydrogens is 314 g/mol. The molecule has 3 atom stereocenters. The molecule has 0 aromatic carbocycles. The van der Waals surface area contributed by atoms with Gasteiger partial charge in [-0.3, -0.25) is 9.59 Å². The summed E-state index contributed by atoms with van der Waals surface area (Å²) >= 11 is 1.28. The number of thiophene rings is 1. The smallest absolute Gasteiger partial charge is 0.264 e. The van der Waals surface area contributed by atoms with Crippen molar-refractivity contribution < 1.29 is 19.1 Å². The molecule has 3 rings (SSSR count). The van der Waals surface area contributed by atoms with Crippen LogP contribution >= 0.6 is 11.3 Å². The van der Waals surface area contributed by atoms with Crippen LogP contribution in [0.2, 0.25) is 0 Å². The number of likely N-dealkylation sites (tertiary alicyclic amines) is 1. The lowest BCUT2D eigenvalue weighted by atomic mass is 9.79. The number of amides is 1. The highest BCUT2D eigenvalue weighted by Gasteiger charge is 2.52.